The highest BCUT2D eigenvalue weighted by molar-refractivity contribution is 6.30. The standard InChI is InChI=1S/C12H13ClFNO3/c1-3-18-12(17)7(2)11(16)15-8-4-5-9(13)10(14)6-8/h4-7H,3H2,1-2H3,(H,15,16). The molecule has 1 aromatic carbocycles. The lowest BCUT2D eigenvalue weighted by Crippen LogP contribution is -2.28. The van der Waals surface area contributed by atoms with Gasteiger partial charge in [-0.05, 0) is 32.0 Å². The quantitative estimate of drug-likeness (QED) is 0.678. The third-order valence-electron chi connectivity index (χ3n) is 2.22. The van der Waals surface area contributed by atoms with E-state index in [1.165, 1.54) is 19.1 Å². The molecule has 1 rings (SSSR count). The molecule has 0 aliphatic heterocycles. The van der Waals surface area contributed by atoms with E-state index in [1.54, 1.807) is 6.92 Å². The zero-order valence-electron chi connectivity index (χ0n) is 10.00. The van der Waals surface area contributed by atoms with Gasteiger partial charge in [0.1, 0.15) is 11.7 Å². The summed E-state index contributed by atoms with van der Waals surface area (Å²) in [5.74, 6) is -2.78. The molecule has 1 amide bonds. The molecule has 0 saturated heterocycles. The molecule has 0 heterocycles. The number of halogens is 2. The summed E-state index contributed by atoms with van der Waals surface area (Å²) in [5, 5.41) is 2.37. The first-order chi connectivity index (χ1) is 8.45. The summed E-state index contributed by atoms with van der Waals surface area (Å²) in [6, 6.07) is 3.85. The number of ether oxygens (including phenoxy) is 1. The zero-order valence-corrected chi connectivity index (χ0v) is 10.8. The van der Waals surface area contributed by atoms with Crippen LogP contribution in [-0.4, -0.2) is 18.5 Å². The lowest BCUT2D eigenvalue weighted by Gasteiger charge is -2.11. The maximum absolute atomic E-state index is 13.1. The van der Waals surface area contributed by atoms with Gasteiger partial charge in [0.2, 0.25) is 5.91 Å². The molecular formula is C12H13ClFNO3. The average molecular weight is 274 g/mol. The fraction of sp³-hybridized carbons (Fsp3) is 0.333. The van der Waals surface area contributed by atoms with Gasteiger partial charge >= 0.3 is 5.97 Å². The molecule has 18 heavy (non-hydrogen) atoms. The topological polar surface area (TPSA) is 55.4 Å². The number of nitrogens with one attached hydrogen (secondary N) is 1. The number of benzene rings is 1. The van der Waals surface area contributed by atoms with Crippen molar-refractivity contribution in [1.82, 2.24) is 0 Å². The van der Waals surface area contributed by atoms with E-state index in [-0.39, 0.29) is 17.3 Å². The van der Waals surface area contributed by atoms with Crippen LogP contribution < -0.4 is 5.32 Å². The van der Waals surface area contributed by atoms with Crippen LogP contribution in [0.4, 0.5) is 10.1 Å². The van der Waals surface area contributed by atoms with Gasteiger partial charge in [-0.2, -0.15) is 0 Å². The second kappa shape index (κ2) is 6.35. The van der Waals surface area contributed by atoms with E-state index in [0.29, 0.717) is 0 Å². The monoisotopic (exact) mass is 273 g/mol. The molecule has 1 atom stereocenters. The summed E-state index contributed by atoms with van der Waals surface area (Å²) < 4.78 is 17.8. The van der Waals surface area contributed by atoms with Gasteiger partial charge in [-0.3, -0.25) is 9.59 Å². The minimum Gasteiger partial charge on any atom is -0.465 e. The SMILES string of the molecule is CCOC(=O)C(C)C(=O)Nc1ccc(Cl)c(F)c1. The van der Waals surface area contributed by atoms with Crippen LogP contribution in [0.5, 0.6) is 0 Å². The predicted octanol–water partition coefficient (Wildman–Crippen LogP) is 2.62. The normalized spacial score (nSPS) is 11.8. The first-order valence-electron chi connectivity index (χ1n) is 5.38. The van der Waals surface area contributed by atoms with E-state index in [2.05, 4.69) is 5.32 Å². The molecule has 0 fully saturated rings. The molecule has 0 spiro atoms. The minimum absolute atomic E-state index is 0.0357. The van der Waals surface area contributed by atoms with Crippen LogP contribution in [0.25, 0.3) is 0 Å². The molecule has 1 aromatic rings. The predicted molar refractivity (Wildman–Crippen MR) is 65.8 cm³/mol. The number of hydrogen-bond acceptors (Lipinski definition) is 3. The summed E-state index contributed by atoms with van der Waals surface area (Å²) >= 11 is 5.51. The Kier molecular flexibility index (Phi) is 5.09. The Morgan fingerprint density at radius 2 is 2.17 bits per heavy atom. The zero-order chi connectivity index (χ0) is 13.7. The van der Waals surface area contributed by atoms with E-state index in [1.807, 2.05) is 0 Å². The smallest absolute Gasteiger partial charge is 0.318 e. The van der Waals surface area contributed by atoms with Crippen molar-refractivity contribution in [3.8, 4) is 0 Å². The third-order valence-corrected chi connectivity index (χ3v) is 2.53. The van der Waals surface area contributed by atoms with Crippen molar-refractivity contribution in [3.63, 3.8) is 0 Å². The van der Waals surface area contributed by atoms with Gasteiger partial charge in [-0.1, -0.05) is 11.6 Å². The molecule has 0 radical (unpaired) electrons. The third kappa shape index (κ3) is 3.70. The second-order valence-electron chi connectivity index (χ2n) is 3.59. The lowest BCUT2D eigenvalue weighted by atomic mass is 10.1. The van der Waals surface area contributed by atoms with Gasteiger partial charge in [0, 0.05) is 5.69 Å². The first-order valence-corrected chi connectivity index (χ1v) is 5.76. The van der Waals surface area contributed by atoms with E-state index in [4.69, 9.17) is 16.3 Å². The Morgan fingerprint density at radius 1 is 1.50 bits per heavy atom. The maximum atomic E-state index is 13.1. The molecule has 0 aliphatic carbocycles. The van der Waals surface area contributed by atoms with Crippen molar-refractivity contribution < 1.29 is 18.7 Å². The highest BCUT2D eigenvalue weighted by Gasteiger charge is 2.22. The van der Waals surface area contributed by atoms with E-state index in [0.717, 1.165) is 6.07 Å². The fourth-order valence-electron chi connectivity index (χ4n) is 1.20. The molecule has 98 valence electrons. The molecule has 0 saturated carbocycles. The van der Waals surface area contributed by atoms with Crippen molar-refractivity contribution in [2.75, 3.05) is 11.9 Å². The van der Waals surface area contributed by atoms with Crippen LogP contribution in [0.15, 0.2) is 18.2 Å². The van der Waals surface area contributed by atoms with Crippen molar-refractivity contribution in [2.24, 2.45) is 5.92 Å². The molecule has 0 aromatic heterocycles. The Morgan fingerprint density at radius 3 is 2.72 bits per heavy atom. The van der Waals surface area contributed by atoms with Crippen molar-refractivity contribution >= 4 is 29.2 Å². The number of rotatable bonds is 4. The summed E-state index contributed by atoms with van der Waals surface area (Å²) in [5.41, 5.74) is 0.234. The summed E-state index contributed by atoms with van der Waals surface area (Å²) in [4.78, 5) is 23.0. The van der Waals surface area contributed by atoms with Crippen molar-refractivity contribution in [1.29, 1.82) is 0 Å². The van der Waals surface area contributed by atoms with Gasteiger partial charge in [0.05, 0.1) is 11.6 Å². The highest BCUT2D eigenvalue weighted by atomic mass is 35.5. The van der Waals surface area contributed by atoms with Gasteiger partial charge in [0.15, 0.2) is 0 Å². The Hall–Kier alpha value is -1.62. The number of carbonyl (C=O) groups excluding carboxylic acids is 2. The van der Waals surface area contributed by atoms with Crippen LogP contribution >= 0.6 is 11.6 Å². The van der Waals surface area contributed by atoms with E-state index in [9.17, 15) is 14.0 Å². The van der Waals surface area contributed by atoms with Crippen LogP contribution in [0, 0.1) is 11.7 Å². The second-order valence-corrected chi connectivity index (χ2v) is 4.00. The molecule has 0 aliphatic rings. The van der Waals surface area contributed by atoms with Crippen molar-refractivity contribution in [3.05, 3.63) is 29.0 Å². The highest BCUT2D eigenvalue weighted by Crippen LogP contribution is 2.19. The average Bonchev–Trinajstić information content (AvgIpc) is 2.33. The van der Waals surface area contributed by atoms with Crippen LogP contribution in [0.1, 0.15) is 13.8 Å². The number of hydrogen-bond donors (Lipinski definition) is 1. The van der Waals surface area contributed by atoms with Crippen molar-refractivity contribution in [2.45, 2.75) is 13.8 Å². The summed E-state index contributed by atoms with van der Waals surface area (Å²) in [6.07, 6.45) is 0. The van der Waals surface area contributed by atoms with E-state index < -0.39 is 23.6 Å². The van der Waals surface area contributed by atoms with E-state index >= 15 is 0 Å². The maximum Gasteiger partial charge on any atom is 0.318 e. The van der Waals surface area contributed by atoms with Gasteiger partial charge in [-0.25, -0.2) is 4.39 Å². The number of esters is 1. The molecular weight excluding hydrogens is 261 g/mol. The first kappa shape index (κ1) is 14.4. The largest absolute Gasteiger partial charge is 0.465 e. The molecule has 1 N–H and O–H groups in total. The minimum atomic E-state index is -0.955. The Labute approximate surface area is 109 Å². The number of amides is 1. The van der Waals surface area contributed by atoms with Crippen LogP contribution in [0.3, 0.4) is 0 Å². The van der Waals surface area contributed by atoms with Gasteiger partial charge in [0.25, 0.3) is 0 Å². The Balaban J connectivity index is 2.69. The fourth-order valence-corrected chi connectivity index (χ4v) is 1.32. The number of anilines is 1. The molecule has 4 nitrogen and oxygen atoms in total. The summed E-state index contributed by atoms with van der Waals surface area (Å²) in [6.45, 7) is 3.27. The summed E-state index contributed by atoms with van der Waals surface area (Å²) in [7, 11) is 0. The van der Waals surface area contributed by atoms with Crippen LogP contribution in [0.2, 0.25) is 5.02 Å². The lowest BCUT2D eigenvalue weighted by molar-refractivity contribution is -0.150. The van der Waals surface area contributed by atoms with Gasteiger partial charge < -0.3 is 10.1 Å². The Bertz CT molecular complexity index is 465. The molecule has 1 unspecified atom stereocenters. The van der Waals surface area contributed by atoms with Crippen LogP contribution in [-0.2, 0) is 14.3 Å². The molecule has 6 heteroatoms. The number of carbonyl (C=O) groups is 2. The molecule has 0 bridgehead atoms. The van der Waals surface area contributed by atoms with Gasteiger partial charge in [-0.15, -0.1) is 0 Å².